The van der Waals surface area contributed by atoms with E-state index in [1.807, 2.05) is 23.3 Å². The van der Waals surface area contributed by atoms with Gasteiger partial charge in [0.25, 0.3) is 0 Å². The van der Waals surface area contributed by atoms with Gasteiger partial charge in [-0.05, 0) is 48.8 Å². The molecular formula is C23H38N2S2. The molecule has 2 aromatic rings. The van der Waals surface area contributed by atoms with Crippen LogP contribution in [-0.4, -0.2) is 22.4 Å². The van der Waals surface area contributed by atoms with E-state index in [2.05, 4.69) is 56.3 Å². The molecule has 2 atom stereocenters. The predicted octanol–water partition coefficient (Wildman–Crippen LogP) is 8.04. The second-order valence-corrected chi connectivity index (χ2v) is 10.1. The van der Waals surface area contributed by atoms with Crippen LogP contribution in [0.1, 0.15) is 79.1 Å². The summed E-state index contributed by atoms with van der Waals surface area (Å²) in [6, 6.07) is 8.52. The topological polar surface area (TPSA) is 16.1 Å². The number of hydrogen-bond donors (Lipinski definition) is 0. The summed E-state index contributed by atoms with van der Waals surface area (Å²) < 4.78 is 5.15. The molecule has 0 aliphatic carbocycles. The van der Waals surface area contributed by atoms with Gasteiger partial charge in [-0.2, -0.15) is 0 Å². The van der Waals surface area contributed by atoms with E-state index in [-0.39, 0.29) is 0 Å². The minimum absolute atomic E-state index is 0.801. The van der Waals surface area contributed by atoms with Crippen LogP contribution in [0.3, 0.4) is 0 Å². The van der Waals surface area contributed by atoms with Crippen LogP contribution < -0.4 is 0 Å². The van der Waals surface area contributed by atoms with Crippen molar-refractivity contribution < 1.29 is 0 Å². The van der Waals surface area contributed by atoms with Crippen LogP contribution >= 0.6 is 23.3 Å². The Hall–Kier alpha value is -0.580. The first-order chi connectivity index (χ1) is 13.2. The van der Waals surface area contributed by atoms with Crippen molar-refractivity contribution in [2.45, 2.75) is 83.4 Å². The first kappa shape index (κ1) is 22.7. The lowest BCUT2D eigenvalue weighted by Gasteiger charge is -2.28. The second-order valence-electron chi connectivity index (χ2n) is 7.72. The number of fused-ring (bicyclic) bond motifs is 1. The first-order valence-corrected chi connectivity index (χ1v) is 12.6. The van der Waals surface area contributed by atoms with Crippen molar-refractivity contribution in [1.29, 1.82) is 0 Å². The van der Waals surface area contributed by atoms with E-state index in [4.69, 9.17) is 4.98 Å². The Morgan fingerprint density at radius 1 is 0.926 bits per heavy atom. The summed E-state index contributed by atoms with van der Waals surface area (Å²) in [5, 5.41) is 0. The molecule has 27 heavy (non-hydrogen) atoms. The van der Waals surface area contributed by atoms with Crippen molar-refractivity contribution in [2.75, 3.05) is 13.1 Å². The van der Waals surface area contributed by atoms with Crippen molar-refractivity contribution >= 4 is 33.5 Å². The number of benzene rings is 1. The molecule has 2 rings (SSSR count). The summed E-state index contributed by atoms with van der Waals surface area (Å²) in [6.07, 6.45) is 10.6. The normalized spacial score (nSPS) is 14.1. The van der Waals surface area contributed by atoms with Crippen LogP contribution in [0.5, 0.6) is 0 Å². The quantitative estimate of drug-likeness (QED) is 0.295. The maximum absolute atomic E-state index is 4.88. The molecule has 0 amide bonds. The summed E-state index contributed by atoms with van der Waals surface area (Å²) in [5.41, 5.74) is 1.14. The van der Waals surface area contributed by atoms with Crippen LogP contribution in [0.25, 0.3) is 10.2 Å². The van der Waals surface area contributed by atoms with Crippen molar-refractivity contribution in [2.24, 2.45) is 11.8 Å². The Morgan fingerprint density at radius 3 is 2.04 bits per heavy atom. The number of para-hydroxylation sites is 1. The third-order valence-electron chi connectivity index (χ3n) is 5.49. The minimum atomic E-state index is 0.801. The largest absolute Gasteiger partial charge is 0.244 e. The van der Waals surface area contributed by atoms with Gasteiger partial charge in [-0.25, -0.2) is 9.29 Å². The maximum atomic E-state index is 4.88. The van der Waals surface area contributed by atoms with Gasteiger partial charge < -0.3 is 0 Å². The Labute approximate surface area is 175 Å². The van der Waals surface area contributed by atoms with E-state index in [1.165, 1.54) is 73.5 Å². The van der Waals surface area contributed by atoms with Crippen molar-refractivity contribution in [3.63, 3.8) is 0 Å². The molecule has 152 valence electrons. The fourth-order valence-corrected chi connectivity index (χ4v) is 5.92. The predicted molar refractivity (Wildman–Crippen MR) is 124 cm³/mol. The van der Waals surface area contributed by atoms with E-state index < -0.39 is 0 Å². The molecule has 0 bridgehead atoms. The van der Waals surface area contributed by atoms with Gasteiger partial charge in [0.1, 0.15) is 0 Å². The average Bonchev–Trinajstić information content (AvgIpc) is 3.10. The van der Waals surface area contributed by atoms with Crippen molar-refractivity contribution in [1.82, 2.24) is 9.29 Å². The van der Waals surface area contributed by atoms with Gasteiger partial charge in [0.2, 0.25) is 0 Å². The smallest absolute Gasteiger partial charge is 0.166 e. The molecule has 0 aliphatic rings. The third kappa shape index (κ3) is 7.75. The highest BCUT2D eigenvalue weighted by molar-refractivity contribution is 7.98. The molecule has 2 unspecified atom stereocenters. The molecule has 0 aliphatic heterocycles. The van der Waals surface area contributed by atoms with E-state index in [9.17, 15) is 0 Å². The van der Waals surface area contributed by atoms with Crippen LogP contribution in [0.4, 0.5) is 0 Å². The highest BCUT2D eigenvalue weighted by atomic mass is 32.2. The SMILES string of the molecule is CCCCC(CC)CN(CC(CC)CCCC)Sc1nc2ccccc2s1. The van der Waals surface area contributed by atoms with Gasteiger partial charge in [0, 0.05) is 13.1 Å². The Bertz CT molecular complexity index is 589. The van der Waals surface area contributed by atoms with Crippen molar-refractivity contribution in [3.8, 4) is 0 Å². The van der Waals surface area contributed by atoms with Gasteiger partial charge in [0.05, 0.1) is 10.2 Å². The highest BCUT2D eigenvalue weighted by Crippen LogP contribution is 2.34. The van der Waals surface area contributed by atoms with Gasteiger partial charge in [-0.15, -0.1) is 11.3 Å². The van der Waals surface area contributed by atoms with E-state index >= 15 is 0 Å². The number of nitrogens with zero attached hydrogens (tertiary/aromatic N) is 2. The van der Waals surface area contributed by atoms with E-state index in [1.54, 1.807) is 0 Å². The lowest BCUT2D eigenvalue weighted by atomic mass is 9.97. The maximum Gasteiger partial charge on any atom is 0.166 e. The molecule has 0 saturated heterocycles. The fourth-order valence-electron chi connectivity index (χ4n) is 3.56. The fraction of sp³-hybridized carbons (Fsp3) is 0.696. The molecule has 1 aromatic carbocycles. The molecule has 4 heteroatoms. The zero-order chi connectivity index (χ0) is 19.5. The Kier molecular flexibility index (Phi) is 10.8. The molecule has 1 heterocycles. The summed E-state index contributed by atoms with van der Waals surface area (Å²) in [5.74, 6) is 1.60. The molecule has 0 radical (unpaired) electrons. The zero-order valence-corrected chi connectivity index (χ0v) is 19.4. The lowest BCUT2D eigenvalue weighted by molar-refractivity contribution is 0.288. The van der Waals surface area contributed by atoms with Crippen LogP contribution in [0, 0.1) is 11.8 Å². The zero-order valence-electron chi connectivity index (χ0n) is 17.7. The van der Waals surface area contributed by atoms with Crippen LogP contribution in [-0.2, 0) is 0 Å². The molecule has 2 nitrogen and oxygen atoms in total. The van der Waals surface area contributed by atoms with Gasteiger partial charge in [-0.1, -0.05) is 78.4 Å². The summed E-state index contributed by atoms with van der Waals surface area (Å²) in [4.78, 5) is 4.88. The first-order valence-electron chi connectivity index (χ1n) is 11.0. The van der Waals surface area contributed by atoms with Gasteiger partial charge in [0.15, 0.2) is 4.34 Å². The Morgan fingerprint density at radius 2 is 1.52 bits per heavy atom. The number of hydrogen-bond acceptors (Lipinski definition) is 4. The van der Waals surface area contributed by atoms with E-state index in [0.29, 0.717) is 0 Å². The van der Waals surface area contributed by atoms with Crippen molar-refractivity contribution in [3.05, 3.63) is 24.3 Å². The third-order valence-corrected chi connectivity index (χ3v) is 7.60. The van der Waals surface area contributed by atoms with Crippen LogP contribution in [0.15, 0.2) is 28.6 Å². The molecule has 0 spiro atoms. The highest BCUT2D eigenvalue weighted by Gasteiger charge is 2.19. The van der Waals surface area contributed by atoms with Gasteiger partial charge >= 0.3 is 0 Å². The molecule has 0 fully saturated rings. The molecule has 0 saturated carbocycles. The van der Waals surface area contributed by atoms with Gasteiger partial charge in [-0.3, -0.25) is 0 Å². The lowest BCUT2D eigenvalue weighted by Crippen LogP contribution is -2.28. The Balaban J connectivity index is 2.08. The summed E-state index contributed by atoms with van der Waals surface area (Å²) >= 11 is 3.75. The number of aromatic nitrogens is 1. The average molecular weight is 407 g/mol. The second kappa shape index (κ2) is 12.8. The molecular weight excluding hydrogens is 368 g/mol. The monoisotopic (exact) mass is 406 g/mol. The number of unbranched alkanes of at least 4 members (excludes halogenated alkanes) is 2. The molecule has 1 aromatic heterocycles. The summed E-state index contributed by atoms with van der Waals surface area (Å²) in [6.45, 7) is 11.7. The van der Waals surface area contributed by atoms with E-state index in [0.717, 1.165) is 17.4 Å². The number of thiazole rings is 1. The summed E-state index contributed by atoms with van der Waals surface area (Å²) in [7, 11) is 0. The van der Waals surface area contributed by atoms with Crippen LogP contribution in [0.2, 0.25) is 0 Å². The minimum Gasteiger partial charge on any atom is -0.244 e. The molecule has 0 N–H and O–H groups in total. The number of rotatable bonds is 14. The standard InChI is InChI=1S/C23H38N2S2/c1-5-9-13-19(7-3)17-25(18-20(8-4)14-10-6-2)27-23-24-21-15-11-12-16-22(21)26-23/h11-12,15-16,19-20H,5-10,13-14,17-18H2,1-4H3.